The Morgan fingerprint density at radius 2 is 1.85 bits per heavy atom. The summed E-state index contributed by atoms with van der Waals surface area (Å²) in [6.45, 7) is 1.60. The van der Waals surface area contributed by atoms with E-state index in [0.29, 0.717) is 17.6 Å². The second-order valence-corrected chi connectivity index (χ2v) is 9.70. The zero-order chi connectivity index (χ0) is 23.4. The number of rotatable bonds is 7. The molecule has 7 nitrogen and oxygen atoms in total. The lowest BCUT2D eigenvalue weighted by atomic mass is 9.81. The maximum atomic E-state index is 14.7. The summed E-state index contributed by atoms with van der Waals surface area (Å²) in [5.74, 6) is -2.59. The minimum absolute atomic E-state index is 0.00249. The van der Waals surface area contributed by atoms with E-state index in [1.165, 1.54) is 18.5 Å². The lowest BCUT2D eigenvalue weighted by Crippen LogP contribution is -2.38. The highest BCUT2D eigenvalue weighted by molar-refractivity contribution is 7.92. The number of benzene rings is 2. The van der Waals surface area contributed by atoms with Crippen molar-refractivity contribution in [3.8, 4) is 5.75 Å². The lowest BCUT2D eigenvalue weighted by molar-refractivity contribution is 0.190. The molecule has 2 N–H and O–H groups in total. The van der Waals surface area contributed by atoms with Gasteiger partial charge in [-0.3, -0.25) is 0 Å². The Labute approximate surface area is 195 Å². The van der Waals surface area contributed by atoms with E-state index >= 15 is 0 Å². The van der Waals surface area contributed by atoms with E-state index < -0.39 is 26.6 Å². The second kappa shape index (κ2) is 9.98. The number of aromatic nitrogens is 2. The number of sulfonamides is 1. The molecule has 0 spiro atoms. The van der Waals surface area contributed by atoms with Gasteiger partial charge in [-0.15, -0.1) is 0 Å². The molecule has 3 aromatic rings. The highest BCUT2D eigenvalue weighted by Gasteiger charge is 2.28. The third-order valence-electron chi connectivity index (χ3n) is 5.43. The molecule has 11 heteroatoms. The number of piperidine rings is 1. The summed E-state index contributed by atoms with van der Waals surface area (Å²) in [5, 5.41) is 3.93. The molecule has 0 bridgehead atoms. The topological polar surface area (TPSA) is 93.2 Å². The third-order valence-corrected chi connectivity index (χ3v) is 7.02. The molecule has 174 valence electrons. The van der Waals surface area contributed by atoms with Crippen molar-refractivity contribution in [2.75, 3.05) is 24.4 Å². The predicted octanol–water partition coefficient (Wildman–Crippen LogP) is 3.98. The van der Waals surface area contributed by atoms with Crippen molar-refractivity contribution in [3.05, 3.63) is 77.1 Å². The van der Waals surface area contributed by atoms with Crippen molar-refractivity contribution in [2.24, 2.45) is 5.92 Å². The van der Waals surface area contributed by atoms with E-state index in [0.717, 1.165) is 24.6 Å². The number of nitrogens with zero attached hydrogens (tertiary/aromatic N) is 2. The van der Waals surface area contributed by atoms with Crippen molar-refractivity contribution in [1.82, 2.24) is 15.3 Å². The van der Waals surface area contributed by atoms with Gasteiger partial charge in [-0.1, -0.05) is 23.7 Å². The van der Waals surface area contributed by atoms with Gasteiger partial charge in [-0.2, -0.15) is 0 Å². The summed E-state index contributed by atoms with van der Waals surface area (Å²) < 4.78 is 61.8. The van der Waals surface area contributed by atoms with Gasteiger partial charge in [0.2, 0.25) is 5.95 Å². The minimum Gasteiger partial charge on any atom is -0.490 e. The van der Waals surface area contributed by atoms with Crippen LogP contribution < -0.4 is 14.8 Å². The standard InChI is InChI=1S/C22H21ClF2N4O3S/c23-16-4-2-14(3-5-16)17-6-9-26-12-15(17)13-32-20-10-19(25)21(11-18(20)24)33(30,31)29-22-27-7-1-8-28-22/h1-5,7-8,10-11,15,17,26H,6,9,12-13H2,(H,27,28,29)/t15-,17-/m0/s1. The van der Waals surface area contributed by atoms with Crippen LogP contribution in [0.15, 0.2) is 59.8 Å². The molecule has 1 aliphatic rings. The molecule has 0 unspecified atom stereocenters. The number of hydrogen-bond donors (Lipinski definition) is 2. The molecule has 0 radical (unpaired) electrons. The SMILES string of the molecule is O=S(=O)(Nc1ncccn1)c1cc(F)c(OC[C@@H]2CNCC[C@H]2c2ccc(Cl)cc2)cc1F. The van der Waals surface area contributed by atoms with Crippen LogP contribution in [0.3, 0.4) is 0 Å². The van der Waals surface area contributed by atoms with Gasteiger partial charge in [-0.05, 0) is 42.6 Å². The van der Waals surface area contributed by atoms with E-state index in [-0.39, 0.29) is 30.1 Å². The highest BCUT2D eigenvalue weighted by Crippen LogP contribution is 2.33. The van der Waals surface area contributed by atoms with Crippen LogP contribution in [0.5, 0.6) is 5.75 Å². The Hall–Kier alpha value is -2.82. The van der Waals surface area contributed by atoms with Crippen molar-refractivity contribution in [2.45, 2.75) is 17.2 Å². The van der Waals surface area contributed by atoms with Gasteiger partial charge in [0.25, 0.3) is 10.0 Å². The Morgan fingerprint density at radius 1 is 1.12 bits per heavy atom. The molecule has 0 aliphatic carbocycles. The highest BCUT2D eigenvalue weighted by atomic mass is 35.5. The molecule has 1 aliphatic heterocycles. The summed E-state index contributed by atoms with van der Waals surface area (Å²) in [6, 6.07) is 10.4. The summed E-state index contributed by atoms with van der Waals surface area (Å²) in [5.41, 5.74) is 1.09. The average molecular weight is 495 g/mol. The van der Waals surface area contributed by atoms with Crippen LogP contribution >= 0.6 is 11.6 Å². The second-order valence-electron chi connectivity index (χ2n) is 7.61. The fourth-order valence-electron chi connectivity index (χ4n) is 3.80. The summed E-state index contributed by atoms with van der Waals surface area (Å²) in [6.07, 6.45) is 3.49. The third kappa shape index (κ3) is 5.58. The van der Waals surface area contributed by atoms with Crippen LogP contribution in [0.25, 0.3) is 0 Å². The smallest absolute Gasteiger partial charge is 0.267 e. The molecule has 2 aromatic carbocycles. The molecule has 0 amide bonds. The van der Waals surface area contributed by atoms with Crippen molar-refractivity contribution in [1.29, 1.82) is 0 Å². The first-order valence-electron chi connectivity index (χ1n) is 10.2. The van der Waals surface area contributed by atoms with Crippen LogP contribution in [0.4, 0.5) is 14.7 Å². The van der Waals surface area contributed by atoms with Gasteiger partial charge in [0.05, 0.1) is 6.61 Å². The fourth-order valence-corrected chi connectivity index (χ4v) is 4.95. The van der Waals surface area contributed by atoms with E-state index in [1.54, 1.807) is 0 Å². The van der Waals surface area contributed by atoms with Crippen molar-refractivity contribution < 1.29 is 21.9 Å². The van der Waals surface area contributed by atoms with Crippen LogP contribution in [0.1, 0.15) is 17.9 Å². The average Bonchev–Trinajstić information content (AvgIpc) is 2.80. The molecule has 33 heavy (non-hydrogen) atoms. The fraction of sp³-hybridized carbons (Fsp3) is 0.273. The first kappa shape index (κ1) is 23.3. The van der Waals surface area contributed by atoms with Crippen molar-refractivity contribution in [3.63, 3.8) is 0 Å². The molecule has 4 rings (SSSR count). The number of hydrogen-bond acceptors (Lipinski definition) is 6. The largest absolute Gasteiger partial charge is 0.490 e. The van der Waals surface area contributed by atoms with Gasteiger partial charge in [0, 0.05) is 42.0 Å². The molecule has 2 atom stereocenters. The van der Waals surface area contributed by atoms with Crippen LogP contribution in [-0.2, 0) is 10.0 Å². The van der Waals surface area contributed by atoms with Gasteiger partial charge < -0.3 is 10.1 Å². The van der Waals surface area contributed by atoms with Crippen LogP contribution in [0, 0.1) is 17.6 Å². The maximum absolute atomic E-state index is 14.7. The zero-order valence-corrected chi connectivity index (χ0v) is 18.9. The minimum atomic E-state index is -4.43. The summed E-state index contributed by atoms with van der Waals surface area (Å²) >= 11 is 5.98. The Kier molecular flexibility index (Phi) is 7.06. The summed E-state index contributed by atoms with van der Waals surface area (Å²) in [4.78, 5) is 6.58. The number of ether oxygens (including phenoxy) is 1. The van der Waals surface area contributed by atoms with Gasteiger partial charge in [0.1, 0.15) is 10.7 Å². The van der Waals surface area contributed by atoms with Gasteiger partial charge in [0.15, 0.2) is 11.6 Å². The van der Waals surface area contributed by atoms with E-state index in [9.17, 15) is 17.2 Å². The van der Waals surface area contributed by atoms with E-state index in [1.807, 2.05) is 29.0 Å². The Bertz CT molecular complexity index is 1210. The lowest BCUT2D eigenvalue weighted by Gasteiger charge is -2.32. The first-order chi connectivity index (χ1) is 15.8. The summed E-state index contributed by atoms with van der Waals surface area (Å²) in [7, 11) is -4.43. The molecule has 0 saturated carbocycles. The molecule has 1 fully saturated rings. The Balaban J connectivity index is 1.49. The number of halogens is 3. The predicted molar refractivity (Wildman–Crippen MR) is 120 cm³/mol. The zero-order valence-electron chi connectivity index (χ0n) is 17.3. The number of nitrogens with one attached hydrogen (secondary N) is 2. The Morgan fingerprint density at radius 3 is 2.58 bits per heavy atom. The molecule has 1 aromatic heterocycles. The monoisotopic (exact) mass is 494 g/mol. The number of anilines is 1. The van der Waals surface area contributed by atoms with Crippen molar-refractivity contribution >= 4 is 27.6 Å². The molecular formula is C22H21ClF2N4O3S. The van der Waals surface area contributed by atoms with E-state index in [2.05, 4.69) is 15.3 Å². The molecular weight excluding hydrogens is 474 g/mol. The van der Waals surface area contributed by atoms with E-state index in [4.69, 9.17) is 16.3 Å². The normalized spacial score (nSPS) is 18.6. The van der Waals surface area contributed by atoms with Crippen LogP contribution in [-0.4, -0.2) is 38.1 Å². The molecule has 2 heterocycles. The molecule has 1 saturated heterocycles. The quantitative estimate of drug-likeness (QED) is 0.516. The van der Waals surface area contributed by atoms with Crippen LogP contribution in [0.2, 0.25) is 5.02 Å². The van der Waals surface area contributed by atoms with Gasteiger partial charge >= 0.3 is 0 Å². The van der Waals surface area contributed by atoms with Gasteiger partial charge in [-0.25, -0.2) is 31.9 Å². The maximum Gasteiger partial charge on any atom is 0.267 e. The first-order valence-corrected chi connectivity index (χ1v) is 12.1.